The maximum atomic E-state index is 14.6. The molecule has 270 valence electrons. The molecular weight excluding hydrogens is 657 g/mol. The summed E-state index contributed by atoms with van der Waals surface area (Å²) < 4.78 is 41.9. The fourth-order valence-electron chi connectivity index (χ4n) is 7.26. The Labute approximate surface area is 295 Å². The third-order valence-electron chi connectivity index (χ3n) is 9.34. The number of hydrogen-bond acceptors (Lipinski definition) is 9. The predicted octanol–water partition coefficient (Wildman–Crippen LogP) is 6.32. The maximum Gasteiger partial charge on any atom is 0.312 e. The molecule has 0 saturated heterocycles. The van der Waals surface area contributed by atoms with E-state index in [0.29, 0.717) is 25.0 Å². The normalized spacial score (nSPS) is 21.5. The minimum atomic E-state index is -4.21. The molecule has 12 heteroatoms. The van der Waals surface area contributed by atoms with Gasteiger partial charge in [-0.3, -0.25) is 9.59 Å². The van der Waals surface area contributed by atoms with Crippen LogP contribution in [0.5, 0.6) is 5.88 Å². The first-order chi connectivity index (χ1) is 23.2. The number of anilines is 1. The third kappa shape index (κ3) is 8.29. The number of nitrogens with zero attached hydrogens (tertiary/aromatic N) is 3. The Bertz CT molecular complexity index is 1840. The van der Waals surface area contributed by atoms with Gasteiger partial charge >= 0.3 is 5.97 Å². The summed E-state index contributed by atoms with van der Waals surface area (Å²) in [4.78, 5) is 38.5. The molecule has 2 heterocycles. The Morgan fingerprint density at radius 2 is 1.68 bits per heavy atom. The van der Waals surface area contributed by atoms with Gasteiger partial charge in [-0.2, -0.15) is 4.98 Å². The van der Waals surface area contributed by atoms with E-state index in [0.717, 1.165) is 16.7 Å². The number of carbonyl (C=O) groups excluding carboxylic acids is 2. The van der Waals surface area contributed by atoms with Crippen molar-refractivity contribution < 1.29 is 32.6 Å². The second kappa shape index (κ2) is 13.9. The van der Waals surface area contributed by atoms with Crippen LogP contribution in [-0.4, -0.2) is 70.7 Å². The van der Waals surface area contributed by atoms with Crippen LogP contribution in [0.15, 0.2) is 53.4 Å². The largest absolute Gasteiger partial charge is 0.475 e. The summed E-state index contributed by atoms with van der Waals surface area (Å²) in [5.41, 5.74) is 1.89. The molecule has 11 nitrogen and oxygen atoms in total. The van der Waals surface area contributed by atoms with Crippen LogP contribution in [0.2, 0.25) is 0 Å². The summed E-state index contributed by atoms with van der Waals surface area (Å²) >= 11 is 0. The molecule has 1 aliphatic heterocycles. The molecule has 2 aliphatic rings. The van der Waals surface area contributed by atoms with Gasteiger partial charge in [0.25, 0.3) is 15.9 Å². The molecule has 1 aromatic heterocycles. The topological polar surface area (TPSA) is 148 Å². The summed E-state index contributed by atoms with van der Waals surface area (Å²) in [6.45, 7) is 17.0. The van der Waals surface area contributed by atoms with Crippen LogP contribution in [0, 0.1) is 31.1 Å². The number of rotatable bonds is 7. The van der Waals surface area contributed by atoms with Crippen molar-refractivity contribution in [1.82, 2.24) is 14.9 Å². The number of ether oxygens (including phenoxy) is 2. The van der Waals surface area contributed by atoms with E-state index >= 15 is 0 Å². The first-order valence-corrected chi connectivity index (χ1v) is 18.7. The summed E-state index contributed by atoms with van der Waals surface area (Å²) in [6.07, 6.45) is 1.11. The van der Waals surface area contributed by atoms with E-state index in [2.05, 4.69) is 35.5 Å². The van der Waals surface area contributed by atoms with Gasteiger partial charge in [0.2, 0.25) is 11.8 Å². The number of sulfonamides is 1. The van der Waals surface area contributed by atoms with Gasteiger partial charge in [-0.25, -0.2) is 18.1 Å². The molecular formula is C38H50N4O7S. The van der Waals surface area contributed by atoms with Gasteiger partial charge < -0.3 is 19.5 Å². The number of fused-ring (bicyclic) bond motifs is 4. The van der Waals surface area contributed by atoms with Crippen LogP contribution in [0.1, 0.15) is 89.2 Å². The molecule has 2 atom stereocenters. The first-order valence-electron chi connectivity index (χ1n) is 17.2. The molecule has 0 spiro atoms. The number of nitrogens with one attached hydrogen (secondary N) is 1. The minimum absolute atomic E-state index is 0.0730. The Morgan fingerprint density at radius 3 is 2.28 bits per heavy atom. The molecule has 5 rings (SSSR count). The van der Waals surface area contributed by atoms with Crippen molar-refractivity contribution in [3.05, 3.63) is 65.2 Å². The van der Waals surface area contributed by atoms with Crippen LogP contribution in [0.4, 0.5) is 5.95 Å². The summed E-state index contributed by atoms with van der Waals surface area (Å²) in [5, 5.41) is 11.1. The molecule has 50 heavy (non-hydrogen) atoms. The number of esters is 1. The molecule has 2 N–H and O–H groups in total. The van der Waals surface area contributed by atoms with Crippen molar-refractivity contribution in [3.63, 3.8) is 0 Å². The highest BCUT2D eigenvalue weighted by atomic mass is 32.2. The van der Waals surface area contributed by atoms with E-state index in [1.165, 1.54) is 12.1 Å². The number of carbonyl (C=O) groups is 2. The standard InChI is InChI=1S/C38H50N4O7S/c1-22(2)49-35(44)33(38(8,9)45)26-16-27(17-26)42-28(20-37(5,6)7)21-48-31-19-30(32-23(3)12-10-13-24(32)4)39-36(40-31)41-50(46,47)29-15-11-14-25(18-29)34(42)43/h10-15,18-19,22,26-28,33,45H,16-17,20-21H2,1-9H3,(H,39,40,41)/t26?,27?,28-,33?/m1/s1. The molecule has 2 aromatic carbocycles. The number of benzene rings is 2. The summed E-state index contributed by atoms with van der Waals surface area (Å²) in [7, 11) is -4.21. The van der Waals surface area contributed by atoms with Gasteiger partial charge in [-0.05, 0) is 101 Å². The van der Waals surface area contributed by atoms with Gasteiger partial charge in [-0.15, -0.1) is 0 Å². The Hall–Kier alpha value is -4.03. The molecule has 4 bridgehead atoms. The highest BCUT2D eigenvalue weighted by molar-refractivity contribution is 7.92. The number of amides is 1. The second-order valence-electron chi connectivity index (χ2n) is 15.8. The van der Waals surface area contributed by atoms with E-state index in [1.54, 1.807) is 50.8 Å². The minimum Gasteiger partial charge on any atom is -0.475 e. The van der Waals surface area contributed by atoms with Gasteiger partial charge in [0.05, 0.1) is 34.3 Å². The van der Waals surface area contributed by atoms with Crippen LogP contribution < -0.4 is 9.46 Å². The van der Waals surface area contributed by atoms with Crippen molar-refractivity contribution in [3.8, 4) is 17.1 Å². The highest BCUT2D eigenvalue weighted by Crippen LogP contribution is 2.44. The zero-order valence-corrected chi connectivity index (χ0v) is 31.3. The Kier molecular flexibility index (Phi) is 10.4. The smallest absolute Gasteiger partial charge is 0.312 e. The number of aliphatic hydroxyl groups is 1. The van der Waals surface area contributed by atoms with Crippen molar-refractivity contribution in [2.45, 2.75) is 110 Å². The first kappa shape index (κ1) is 37.2. The molecule has 1 saturated carbocycles. The summed E-state index contributed by atoms with van der Waals surface area (Å²) in [5.74, 6) is -1.81. The van der Waals surface area contributed by atoms with Crippen LogP contribution in [0.3, 0.4) is 0 Å². The lowest BCUT2D eigenvalue weighted by Gasteiger charge is -2.50. The van der Waals surface area contributed by atoms with E-state index < -0.39 is 33.6 Å². The number of hydrogen-bond donors (Lipinski definition) is 2. The average molecular weight is 707 g/mol. The van der Waals surface area contributed by atoms with Gasteiger partial charge in [0.1, 0.15) is 6.61 Å². The van der Waals surface area contributed by atoms with Crippen LogP contribution in [0.25, 0.3) is 11.3 Å². The monoisotopic (exact) mass is 706 g/mol. The third-order valence-corrected chi connectivity index (χ3v) is 10.7. The second-order valence-corrected chi connectivity index (χ2v) is 17.4. The van der Waals surface area contributed by atoms with E-state index in [4.69, 9.17) is 9.47 Å². The van der Waals surface area contributed by atoms with Gasteiger partial charge in [0.15, 0.2) is 0 Å². The Morgan fingerprint density at radius 1 is 1.04 bits per heavy atom. The molecule has 0 radical (unpaired) electrons. The maximum absolute atomic E-state index is 14.6. The predicted molar refractivity (Wildman–Crippen MR) is 191 cm³/mol. The summed E-state index contributed by atoms with van der Waals surface area (Å²) in [6, 6.07) is 12.8. The van der Waals surface area contributed by atoms with E-state index in [1.807, 2.05) is 32.0 Å². The van der Waals surface area contributed by atoms with Crippen molar-refractivity contribution in [1.29, 1.82) is 0 Å². The molecule has 1 amide bonds. The number of aromatic nitrogens is 2. The fourth-order valence-corrected chi connectivity index (χ4v) is 8.25. The van der Waals surface area contributed by atoms with Crippen molar-refractivity contribution in [2.75, 3.05) is 11.3 Å². The molecule has 1 aliphatic carbocycles. The van der Waals surface area contributed by atoms with Crippen molar-refractivity contribution in [2.24, 2.45) is 17.3 Å². The molecule has 3 aromatic rings. The highest BCUT2D eigenvalue weighted by Gasteiger charge is 2.50. The van der Waals surface area contributed by atoms with Gasteiger partial charge in [0, 0.05) is 23.2 Å². The van der Waals surface area contributed by atoms with E-state index in [-0.39, 0.29) is 58.3 Å². The Balaban J connectivity index is 1.60. The molecule has 1 fully saturated rings. The lowest BCUT2D eigenvalue weighted by Crippen LogP contribution is -2.58. The van der Waals surface area contributed by atoms with Gasteiger partial charge in [-0.1, -0.05) is 45.0 Å². The van der Waals surface area contributed by atoms with Crippen LogP contribution in [-0.2, 0) is 19.6 Å². The zero-order valence-electron chi connectivity index (χ0n) is 30.5. The van der Waals surface area contributed by atoms with E-state index in [9.17, 15) is 23.1 Å². The fraction of sp³-hybridized carbons (Fsp3) is 0.526. The lowest BCUT2D eigenvalue weighted by atomic mass is 9.66. The van der Waals surface area contributed by atoms with Crippen molar-refractivity contribution >= 4 is 27.8 Å². The quantitative estimate of drug-likeness (QED) is 0.270. The molecule has 1 unspecified atom stereocenters. The average Bonchev–Trinajstić information content (AvgIpc) is 2.96. The number of aryl methyl sites for hydroxylation is 2. The lowest BCUT2D eigenvalue weighted by molar-refractivity contribution is -0.169. The zero-order chi connectivity index (χ0) is 36.8. The SMILES string of the molecule is Cc1cccc(C)c1-c1cc2nc(n1)NS(=O)(=O)c1cccc(c1)C(=O)N(C1CC(C(C(=O)OC(C)C)C(C)(C)O)C1)[C@H](CC(C)(C)C)CO2. The van der Waals surface area contributed by atoms with Crippen LogP contribution >= 0.6 is 0 Å².